The first-order chi connectivity index (χ1) is 18.0. The Morgan fingerprint density at radius 1 is 1.05 bits per heavy atom. The molecule has 4 aromatic rings. The minimum Gasteiger partial charge on any atom is -0.492 e. The van der Waals surface area contributed by atoms with Crippen molar-refractivity contribution in [2.24, 2.45) is 5.92 Å². The van der Waals surface area contributed by atoms with Gasteiger partial charge in [-0.15, -0.1) is 0 Å². The number of benzene rings is 2. The van der Waals surface area contributed by atoms with Gasteiger partial charge < -0.3 is 15.0 Å². The van der Waals surface area contributed by atoms with E-state index >= 15 is 0 Å². The number of nitrogens with one attached hydrogen (secondary N) is 1. The number of amides is 1. The topological polar surface area (TPSA) is 89.3 Å². The standard InChI is InChI=1S/C29H31N5O3/c1-3-37-25-9-5-4-7-23(25)32-28(35)22-14-17-33(18-15-22)27-29(36)34(19-21-12-10-20(2)11-13-21)26-24(31-27)8-6-16-30-26/h4-13,16,22H,3,14-15,17-19H2,1-2H3,(H,32,35). The van der Waals surface area contributed by atoms with Crippen LogP contribution in [0.15, 0.2) is 71.7 Å². The van der Waals surface area contributed by atoms with Gasteiger partial charge in [0.1, 0.15) is 11.3 Å². The molecule has 0 bridgehead atoms. The first kappa shape index (κ1) is 24.5. The van der Waals surface area contributed by atoms with Gasteiger partial charge in [-0.1, -0.05) is 42.0 Å². The Hall–Kier alpha value is -4.20. The molecule has 0 atom stereocenters. The van der Waals surface area contributed by atoms with Gasteiger partial charge >= 0.3 is 0 Å². The number of fused-ring (bicyclic) bond motifs is 1. The van der Waals surface area contributed by atoms with Gasteiger partial charge in [0, 0.05) is 25.2 Å². The number of ether oxygens (including phenoxy) is 1. The largest absolute Gasteiger partial charge is 0.492 e. The number of aromatic nitrogens is 3. The van der Waals surface area contributed by atoms with E-state index in [1.807, 2.05) is 79.4 Å². The Labute approximate surface area is 215 Å². The molecule has 0 unspecified atom stereocenters. The Kier molecular flexibility index (Phi) is 7.16. The van der Waals surface area contributed by atoms with Crippen molar-refractivity contribution >= 4 is 28.6 Å². The normalized spacial score (nSPS) is 14.1. The number of hydrogen-bond acceptors (Lipinski definition) is 6. The molecular formula is C29H31N5O3. The highest BCUT2D eigenvalue weighted by molar-refractivity contribution is 5.94. The minimum atomic E-state index is -0.166. The molecule has 1 saturated heterocycles. The molecule has 0 spiro atoms. The van der Waals surface area contributed by atoms with Crippen LogP contribution in [-0.2, 0) is 11.3 Å². The van der Waals surface area contributed by atoms with E-state index in [9.17, 15) is 9.59 Å². The SMILES string of the molecule is CCOc1ccccc1NC(=O)C1CCN(c2nc3cccnc3n(Cc3ccc(C)cc3)c2=O)CC1. The molecular weight excluding hydrogens is 466 g/mol. The second kappa shape index (κ2) is 10.8. The van der Waals surface area contributed by atoms with Crippen molar-refractivity contribution in [1.82, 2.24) is 14.5 Å². The number of piperidine rings is 1. The van der Waals surface area contributed by atoms with Crippen molar-refractivity contribution in [3.05, 3.63) is 88.3 Å². The van der Waals surface area contributed by atoms with Gasteiger partial charge in [-0.2, -0.15) is 0 Å². The molecule has 37 heavy (non-hydrogen) atoms. The second-order valence-corrected chi connectivity index (χ2v) is 9.34. The second-order valence-electron chi connectivity index (χ2n) is 9.34. The van der Waals surface area contributed by atoms with E-state index in [4.69, 9.17) is 9.72 Å². The number of para-hydroxylation sites is 2. The van der Waals surface area contributed by atoms with Gasteiger partial charge in [-0.25, -0.2) is 9.97 Å². The Balaban J connectivity index is 1.34. The summed E-state index contributed by atoms with van der Waals surface area (Å²) in [5.74, 6) is 0.897. The van der Waals surface area contributed by atoms with Crippen LogP contribution in [0.5, 0.6) is 5.75 Å². The lowest BCUT2D eigenvalue weighted by Crippen LogP contribution is -2.42. The van der Waals surface area contributed by atoms with Crippen molar-refractivity contribution in [3.63, 3.8) is 0 Å². The smallest absolute Gasteiger partial charge is 0.295 e. The lowest BCUT2D eigenvalue weighted by Gasteiger charge is -2.32. The zero-order valence-electron chi connectivity index (χ0n) is 21.2. The third-order valence-electron chi connectivity index (χ3n) is 6.76. The van der Waals surface area contributed by atoms with Crippen LogP contribution in [0, 0.1) is 12.8 Å². The lowest BCUT2D eigenvalue weighted by molar-refractivity contribution is -0.120. The van der Waals surface area contributed by atoms with Gasteiger partial charge in [0.2, 0.25) is 5.91 Å². The molecule has 190 valence electrons. The van der Waals surface area contributed by atoms with Gasteiger partial charge in [-0.05, 0) is 56.5 Å². The van der Waals surface area contributed by atoms with Crippen molar-refractivity contribution < 1.29 is 9.53 Å². The summed E-state index contributed by atoms with van der Waals surface area (Å²) >= 11 is 0. The van der Waals surface area contributed by atoms with Crippen molar-refractivity contribution in [3.8, 4) is 5.75 Å². The van der Waals surface area contributed by atoms with Crippen LogP contribution in [0.2, 0.25) is 0 Å². The third-order valence-corrected chi connectivity index (χ3v) is 6.76. The zero-order chi connectivity index (χ0) is 25.8. The monoisotopic (exact) mass is 497 g/mol. The number of nitrogens with zero attached hydrogens (tertiary/aromatic N) is 4. The quantitative estimate of drug-likeness (QED) is 0.407. The van der Waals surface area contributed by atoms with Gasteiger partial charge in [0.15, 0.2) is 11.5 Å². The highest BCUT2D eigenvalue weighted by atomic mass is 16.5. The van der Waals surface area contributed by atoms with Crippen LogP contribution in [0.25, 0.3) is 11.2 Å². The van der Waals surface area contributed by atoms with E-state index in [-0.39, 0.29) is 17.4 Å². The Morgan fingerprint density at radius 3 is 2.57 bits per heavy atom. The van der Waals surface area contributed by atoms with Crippen LogP contribution < -0.4 is 20.5 Å². The van der Waals surface area contributed by atoms with E-state index in [1.54, 1.807) is 10.8 Å². The first-order valence-electron chi connectivity index (χ1n) is 12.7. The lowest BCUT2D eigenvalue weighted by atomic mass is 9.95. The summed E-state index contributed by atoms with van der Waals surface area (Å²) in [6, 6.07) is 19.3. The molecule has 1 amide bonds. The molecule has 1 N–H and O–H groups in total. The van der Waals surface area contributed by atoms with E-state index < -0.39 is 0 Å². The molecule has 2 aromatic heterocycles. The highest BCUT2D eigenvalue weighted by Crippen LogP contribution is 2.27. The molecule has 0 aliphatic carbocycles. The Morgan fingerprint density at radius 2 is 1.81 bits per heavy atom. The molecule has 5 rings (SSSR count). The molecule has 0 radical (unpaired) electrons. The van der Waals surface area contributed by atoms with Crippen molar-refractivity contribution in [2.75, 3.05) is 29.9 Å². The third kappa shape index (κ3) is 5.33. The van der Waals surface area contributed by atoms with Crippen LogP contribution in [0.3, 0.4) is 0 Å². The summed E-state index contributed by atoms with van der Waals surface area (Å²) < 4.78 is 7.33. The Bertz CT molecular complexity index is 1460. The number of anilines is 2. The summed E-state index contributed by atoms with van der Waals surface area (Å²) in [5, 5.41) is 3.02. The number of rotatable bonds is 7. The molecule has 2 aromatic carbocycles. The average Bonchev–Trinajstić information content (AvgIpc) is 2.92. The number of hydrogen-bond donors (Lipinski definition) is 1. The van der Waals surface area contributed by atoms with Crippen molar-refractivity contribution in [2.45, 2.75) is 33.2 Å². The maximum absolute atomic E-state index is 13.6. The van der Waals surface area contributed by atoms with Crippen molar-refractivity contribution in [1.29, 1.82) is 0 Å². The fourth-order valence-corrected chi connectivity index (χ4v) is 4.73. The molecule has 8 nitrogen and oxygen atoms in total. The molecule has 1 fully saturated rings. The molecule has 8 heteroatoms. The van der Waals surface area contributed by atoms with E-state index in [0.717, 1.165) is 5.56 Å². The van der Waals surface area contributed by atoms with Gasteiger partial charge in [0.25, 0.3) is 5.56 Å². The molecule has 1 aliphatic rings. The number of pyridine rings is 1. The molecule has 3 heterocycles. The fourth-order valence-electron chi connectivity index (χ4n) is 4.73. The minimum absolute atomic E-state index is 0.0285. The predicted octanol–water partition coefficient (Wildman–Crippen LogP) is 4.40. The maximum Gasteiger partial charge on any atom is 0.295 e. The summed E-state index contributed by atoms with van der Waals surface area (Å²) in [4.78, 5) is 37.8. The average molecular weight is 498 g/mol. The van der Waals surface area contributed by atoms with E-state index in [1.165, 1.54) is 5.56 Å². The molecule has 0 saturated carbocycles. The summed E-state index contributed by atoms with van der Waals surface area (Å²) in [5.41, 5.74) is 3.96. The van der Waals surface area contributed by atoms with Crippen LogP contribution in [-0.4, -0.2) is 40.1 Å². The molecule has 1 aliphatic heterocycles. The van der Waals surface area contributed by atoms with E-state index in [0.29, 0.717) is 67.5 Å². The number of aryl methyl sites for hydroxylation is 1. The number of carbonyl (C=O) groups excluding carboxylic acids is 1. The maximum atomic E-state index is 13.6. The fraction of sp³-hybridized carbons (Fsp3) is 0.310. The summed E-state index contributed by atoms with van der Waals surface area (Å²) in [7, 11) is 0. The van der Waals surface area contributed by atoms with Crippen LogP contribution >= 0.6 is 0 Å². The van der Waals surface area contributed by atoms with Gasteiger partial charge in [0.05, 0.1) is 18.8 Å². The van der Waals surface area contributed by atoms with Gasteiger partial charge in [-0.3, -0.25) is 14.2 Å². The first-order valence-corrected chi connectivity index (χ1v) is 12.7. The van der Waals surface area contributed by atoms with Crippen LogP contribution in [0.1, 0.15) is 30.9 Å². The zero-order valence-corrected chi connectivity index (χ0v) is 21.2. The summed E-state index contributed by atoms with van der Waals surface area (Å²) in [6.07, 6.45) is 2.95. The van der Waals surface area contributed by atoms with E-state index in [2.05, 4.69) is 10.3 Å². The van der Waals surface area contributed by atoms with Crippen LogP contribution in [0.4, 0.5) is 11.5 Å². The highest BCUT2D eigenvalue weighted by Gasteiger charge is 2.28. The predicted molar refractivity (Wildman–Crippen MR) is 145 cm³/mol. The number of carbonyl (C=O) groups is 1. The summed E-state index contributed by atoms with van der Waals surface area (Å²) in [6.45, 7) is 6.05.